The smallest absolute Gasteiger partial charge is 0.414 e. The van der Waals surface area contributed by atoms with Gasteiger partial charge in [-0.1, -0.05) is 23.7 Å². The van der Waals surface area contributed by atoms with Gasteiger partial charge in [-0.15, -0.1) is 0 Å². The second kappa shape index (κ2) is 8.64. The first-order valence-corrected chi connectivity index (χ1v) is 12.4. The Morgan fingerprint density at radius 1 is 1.17 bits per heavy atom. The minimum atomic E-state index is -0.556. The first kappa shape index (κ1) is 23.8. The van der Waals surface area contributed by atoms with Crippen molar-refractivity contribution in [2.24, 2.45) is 0 Å². The van der Waals surface area contributed by atoms with E-state index in [1.165, 1.54) is 0 Å². The Bertz CT molecular complexity index is 1260. The molecule has 0 radical (unpaired) electrons. The molecule has 1 aromatic heterocycles. The Labute approximate surface area is 211 Å². The molecule has 8 heteroatoms. The number of fused-ring (bicyclic) bond motifs is 1. The van der Waals surface area contributed by atoms with Crippen LogP contribution in [0.5, 0.6) is 0 Å². The van der Waals surface area contributed by atoms with Crippen LogP contribution in [0.1, 0.15) is 52.6 Å². The van der Waals surface area contributed by atoms with Crippen LogP contribution in [0.4, 0.5) is 10.5 Å². The number of carbonyl (C=O) groups is 1. The molecule has 5 rings (SSSR count). The molecule has 1 fully saturated rings. The van der Waals surface area contributed by atoms with Crippen LogP contribution < -0.4 is 4.90 Å². The van der Waals surface area contributed by atoms with Crippen LogP contribution in [0.25, 0.3) is 22.8 Å². The number of halogens is 1. The van der Waals surface area contributed by atoms with Crippen LogP contribution >= 0.6 is 11.6 Å². The highest BCUT2D eigenvalue weighted by Gasteiger charge is 2.40. The van der Waals surface area contributed by atoms with Crippen molar-refractivity contribution in [2.75, 3.05) is 18.1 Å². The Kier molecular flexibility index (Phi) is 5.88. The Balaban J connectivity index is 1.61. The summed E-state index contributed by atoms with van der Waals surface area (Å²) in [4.78, 5) is 19.6. The number of ether oxygens (including phenoxy) is 2. The maximum Gasteiger partial charge on any atom is 0.414 e. The van der Waals surface area contributed by atoms with E-state index in [2.05, 4.69) is 19.9 Å². The van der Waals surface area contributed by atoms with E-state index in [-0.39, 0.29) is 17.7 Å². The molecule has 35 heavy (non-hydrogen) atoms. The van der Waals surface area contributed by atoms with Gasteiger partial charge in [0.2, 0.25) is 0 Å². The van der Waals surface area contributed by atoms with Gasteiger partial charge in [0.25, 0.3) is 0 Å². The third-order valence-electron chi connectivity index (χ3n) is 6.58. The highest BCUT2D eigenvalue weighted by atomic mass is 35.5. The van der Waals surface area contributed by atoms with Crippen molar-refractivity contribution < 1.29 is 14.3 Å². The summed E-state index contributed by atoms with van der Waals surface area (Å²) in [5, 5.41) is 5.64. The summed E-state index contributed by atoms with van der Waals surface area (Å²) in [6.45, 7) is 11.1. The van der Waals surface area contributed by atoms with Crippen LogP contribution in [0.15, 0.2) is 42.5 Å². The van der Waals surface area contributed by atoms with Crippen molar-refractivity contribution in [3.05, 3.63) is 53.1 Å². The molecule has 3 heterocycles. The first-order valence-electron chi connectivity index (χ1n) is 12.0. The third kappa shape index (κ3) is 4.55. The lowest BCUT2D eigenvalue weighted by Crippen LogP contribution is -2.35. The summed E-state index contributed by atoms with van der Waals surface area (Å²) in [7, 11) is 0. The number of amides is 1. The molecule has 7 nitrogen and oxygen atoms in total. The third-order valence-corrected chi connectivity index (χ3v) is 6.83. The number of anilines is 1. The summed E-state index contributed by atoms with van der Waals surface area (Å²) in [5.41, 5.74) is 2.88. The molecule has 2 aliphatic heterocycles. The second-order valence-corrected chi connectivity index (χ2v) is 11.1. The number of hydrogen-bond acceptors (Lipinski definition) is 5. The average molecular weight is 495 g/mol. The number of rotatable bonds is 3. The lowest BCUT2D eigenvalue weighted by atomic mass is 9.98. The van der Waals surface area contributed by atoms with Gasteiger partial charge in [0, 0.05) is 29.3 Å². The molecule has 0 saturated carbocycles. The zero-order valence-corrected chi connectivity index (χ0v) is 21.6. The fourth-order valence-corrected chi connectivity index (χ4v) is 5.02. The van der Waals surface area contributed by atoms with Crippen molar-refractivity contribution >= 4 is 23.4 Å². The van der Waals surface area contributed by atoms with E-state index in [0.29, 0.717) is 24.0 Å². The van der Waals surface area contributed by atoms with Crippen molar-refractivity contribution in [1.29, 1.82) is 0 Å². The summed E-state index contributed by atoms with van der Waals surface area (Å²) in [6, 6.07) is 13.6. The molecule has 1 atom stereocenters. The molecule has 0 spiro atoms. The first-order chi connectivity index (χ1) is 16.5. The number of benzene rings is 2. The zero-order valence-electron chi connectivity index (χ0n) is 20.8. The molecular formula is C27H31ClN4O3. The van der Waals surface area contributed by atoms with E-state index in [1.54, 1.807) is 4.90 Å². The minimum absolute atomic E-state index is 0.0327. The van der Waals surface area contributed by atoms with Crippen LogP contribution in [0.2, 0.25) is 5.02 Å². The number of nitrogens with zero attached hydrogens (tertiary/aromatic N) is 4. The highest BCUT2D eigenvalue weighted by molar-refractivity contribution is 6.30. The van der Waals surface area contributed by atoms with Gasteiger partial charge >= 0.3 is 6.09 Å². The van der Waals surface area contributed by atoms with Crippen LogP contribution in [-0.4, -0.2) is 45.2 Å². The molecule has 3 aromatic rings. The molecule has 184 valence electrons. The number of aromatic nitrogens is 3. The fourth-order valence-electron chi connectivity index (χ4n) is 4.89. The molecule has 2 aliphatic rings. The maximum absolute atomic E-state index is 12.9. The van der Waals surface area contributed by atoms with Crippen molar-refractivity contribution in [1.82, 2.24) is 14.8 Å². The predicted octanol–water partition coefficient (Wildman–Crippen LogP) is 6.30. The molecule has 1 amide bonds. The van der Waals surface area contributed by atoms with E-state index in [4.69, 9.17) is 31.2 Å². The van der Waals surface area contributed by atoms with Gasteiger partial charge in [0.15, 0.2) is 11.6 Å². The molecule has 0 aliphatic carbocycles. The van der Waals surface area contributed by atoms with Gasteiger partial charge in [0.1, 0.15) is 5.60 Å². The Morgan fingerprint density at radius 2 is 1.91 bits per heavy atom. The van der Waals surface area contributed by atoms with Gasteiger partial charge in [0.05, 0.1) is 17.3 Å². The predicted molar refractivity (Wildman–Crippen MR) is 137 cm³/mol. The van der Waals surface area contributed by atoms with Gasteiger partial charge in [-0.05, 0) is 83.4 Å². The second-order valence-electron chi connectivity index (χ2n) is 10.7. The summed E-state index contributed by atoms with van der Waals surface area (Å²) in [6.07, 6.45) is 1.24. The van der Waals surface area contributed by atoms with Gasteiger partial charge in [-0.2, -0.15) is 5.10 Å². The van der Waals surface area contributed by atoms with Crippen LogP contribution in [0.3, 0.4) is 0 Å². The summed E-state index contributed by atoms with van der Waals surface area (Å²) >= 11 is 6.11. The quantitative estimate of drug-likeness (QED) is 0.427. The zero-order chi connectivity index (χ0) is 25.0. The minimum Gasteiger partial charge on any atom is -0.443 e. The summed E-state index contributed by atoms with van der Waals surface area (Å²) < 4.78 is 13.7. The molecule has 1 saturated heterocycles. The monoisotopic (exact) mass is 494 g/mol. The van der Waals surface area contributed by atoms with Crippen LogP contribution in [0, 0.1) is 0 Å². The maximum atomic E-state index is 12.9. The number of hydrogen-bond donors (Lipinski definition) is 0. The van der Waals surface area contributed by atoms with Crippen LogP contribution in [-0.2, 0) is 15.9 Å². The Morgan fingerprint density at radius 3 is 2.57 bits per heavy atom. The van der Waals surface area contributed by atoms with Gasteiger partial charge in [-0.3, -0.25) is 4.90 Å². The fraction of sp³-hybridized carbons (Fsp3) is 0.444. The van der Waals surface area contributed by atoms with Crippen molar-refractivity contribution in [3.63, 3.8) is 0 Å². The van der Waals surface area contributed by atoms with E-state index in [1.807, 2.05) is 61.9 Å². The largest absolute Gasteiger partial charge is 0.443 e. The normalized spacial score (nSPS) is 19.1. The van der Waals surface area contributed by atoms with E-state index < -0.39 is 5.60 Å². The van der Waals surface area contributed by atoms with E-state index in [9.17, 15) is 4.79 Å². The molecule has 2 aromatic carbocycles. The van der Waals surface area contributed by atoms with Crippen molar-refractivity contribution in [2.45, 2.75) is 64.7 Å². The van der Waals surface area contributed by atoms with Gasteiger partial charge < -0.3 is 9.47 Å². The number of carbonyl (C=O) groups excluding carboxylic acids is 1. The standard InChI is InChI=1S/C27H31ClN4O3/c1-26(2,3)35-25(33)31-15-13-19-20(7-6-8-21(19)31)24-29-23(17-9-11-18(28)12-10-17)30-32(24)22-14-16-34-27(22,4)5/h6-12,22H,13-16H2,1-5H3. The lowest BCUT2D eigenvalue weighted by molar-refractivity contribution is 0.0122. The SMILES string of the molecule is CC(C)(C)OC(=O)N1CCc2c(-c3nc(-c4ccc(Cl)cc4)nn3C3CCOC3(C)C)cccc21. The molecule has 0 N–H and O–H groups in total. The van der Waals surface area contributed by atoms with E-state index >= 15 is 0 Å². The molecule has 0 bridgehead atoms. The van der Waals surface area contributed by atoms with Crippen molar-refractivity contribution in [3.8, 4) is 22.8 Å². The lowest BCUT2D eigenvalue weighted by Gasteiger charge is -2.27. The van der Waals surface area contributed by atoms with E-state index in [0.717, 1.165) is 41.0 Å². The highest BCUT2D eigenvalue weighted by Crippen LogP contribution is 2.41. The van der Waals surface area contributed by atoms with Gasteiger partial charge in [-0.25, -0.2) is 14.5 Å². The molecule has 1 unspecified atom stereocenters. The summed E-state index contributed by atoms with van der Waals surface area (Å²) in [5.74, 6) is 1.42. The topological polar surface area (TPSA) is 69.5 Å². The average Bonchev–Trinajstić information content (AvgIpc) is 3.48. The Hall–Kier alpha value is -2.90. The molecular weight excluding hydrogens is 464 g/mol.